The molecular formula is C29H35ClN4O7S. The SMILES string of the molecule is CC(=O)N[C@H]1CSC(=O)[C@H](Cc2ccc(Cl)cc2)NC(=O)[C@H](Cc2ccccc2)NC(=O)COCCOCCNC1=O. The van der Waals surface area contributed by atoms with Crippen molar-refractivity contribution in [1.82, 2.24) is 21.3 Å². The molecule has 0 spiro atoms. The molecule has 2 aromatic carbocycles. The maximum Gasteiger partial charge on any atom is 0.246 e. The van der Waals surface area contributed by atoms with Gasteiger partial charge in [-0.3, -0.25) is 24.0 Å². The summed E-state index contributed by atoms with van der Waals surface area (Å²) in [5.74, 6) is -2.02. The standard InChI is InChI=1S/C29H35ClN4O7S/c1-19(35)32-25-18-42-29(39)24(16-21-7-9-22(30)10-8-21)34-28(38)23(15-20-5-3-2-4-6-20)33-26(36)17-41-14-13-40-12-11-31-27(25)37/h2-10,23-25H,11-18H2,1H3,(H,31,37)(H,32,35)(H,33,36)(H,34,38)/t23-,24-,25-/m0/s1. The lowest BCUT2D eigenvalue weighted by molar-refractivity contribution is -0.132. The Balaban J connectivity index is 1.86. The summed E-state index contributed by atoms with van der Waals surface area (Å²) in [5.41, 5.74) is 1.55. The van der Waals surface area contributed by atoms with E-state index in [1.807, 2.05) is 30.3 Å². The zero-order valence-electron chi connectivity index (χ0n) is 23.2. The van der Waals surface area contributed by atoms with E-state index in [1.54, 1.807) is 24.3 Å². The molecule has 0 radical (unpaired) electrons. The fraction of sp³-hybridized carbons (Fsp3) is 0.414. The molecule has 0 aromatic heterocycles. The molecule has 4 amide bonds. The molecule has 0 unspecified atom stereocenters. The minimum atomic E-state index is -1.01. The summed E-state index contributed by atoms with van der Waals surface area (Å²) in [7, 11) is 0. The lowest BCUT2D eigenvalue weighted by atomic mass is 10.0. The van der Waals surface area contributed by atoms with Crippen molar-refractivity contribution in [2.24, 2.45) is 0 Å². The number of hydrogen-bond donors (Lipinski definition) is 4. The molecule has 4 N–H and O–H groups in total. The van der Waals surface area contributed by atoms with Crippen LogP contribution >= 0.6 is 23.4 Å². The van der Waals surface area contributed by atoms with Crippen molar-refractivity contribution in [3.8, 4) is 0 Å². The molecule has 226 valence electrons. The van der Waals surface area contributed by atoms with Gasteiger partial charge in [0.1, 0.15) is 24.7 Å². The van der Waals surface area contributed by atoms with E-state index in [0.29, 0.717) is 5.02 Å². The van der Waals surface area contributed by atoms with E-state index in [4.69, 9.17) is 21.1 Å². The largest absolute Gasteiger partial charge is 0.377 e. The van der Waals surface area contributed by atoms with Gasteiger partial charge in [0.15, 0.2) is 0 Å². The summed E-state index contributed by atoms with van der Waals surface area (Å²) in [6, 6.07) is 13.0. The molecule has 1 fully saturated rings. The molecule has 1 aliphatic rings. The number of rotatable bonds is 5. The highest BCUT2D eigenvalue weighted by molar-refractivity contribution is 8.13. The number of thioether (sulfide) groups is 1. The van der Waals surface area contributed by atoms with E-state index in [1.165, 1.54) is 6.92 Å². The van der Waals surface area contributed by atoms with Gasteiger partial charge in [0.05, 0.1) is 19.8 Å². The van der Waals surface area contributed by atoms with E-state index in [-0.39, 0.29) is 51.6 Å². The third kappa shape index (κ3) is 11.8. The van der Waals surface area contributed by atoms with Crippen LogP contribution in [0.5, 0.6) is 0 Å². The summed E-state index contributed by atoms with van der Waals surface area (Å²) in [6.45, 7) is 1.65. The predicted molar refractivity (Wildman–Crippen MR) is 159 cm³/mol. The van der Waals surface area contributed by atoms with Crippen molar-refractivity contribution in [2.75, 3.05) is 38.7 Å². The molecule has 42 heavy (non-hydrogen) atoms. The van der Waals surface area contributed by atoms with Crippen molar-refractivity contribution in [2.45, 2.75) is 37.9 Å². The molecular weight excluding hydrogens is 584 g/mol. The number of nitrogens with one attached hydrogen (secondary N) is 4. The van der Waals surface area contributed by atoms with E-state index < -0.39 is 46.9 Å². The lowest BCUT2D eigenvalue weighted by Crippen LogP contribution is -2.53. The molecule has 2 aromatic rings. The number of benzene rings is 2. The third-order valence-corrected chi connectivity index (χ3v) is 7.45. The Hall–Kier alpha value is -3.45. The average molecular weight is 619 g/mol. The molecule has 1 aliphatic heterocycles. The minimum Gasteiger partial charge on any atom is -0.377 e. The Morgan fingerprint density at radius 1 is 0.881 bits per heavy atom. The summed E-state index contributed by atoms with van der Waals surface area (Å²) in [5, 5.41) is 10.9. The third-order valence-electron chi connectivity index (χ3n) is 6.13. The molecule has 1 heterocycles. The van der Waals surface area contributed by atoms with E-state index >= 15 is 0 Å². The molecule has 3 atom stereocenters. The number of halogens is 1. The first-order valence-electron chi connectivity index (χ1n) is 13.5. The summed E-state index contributed by atoms with van der Waals surface area (Å²) in [4.78, 5) is 64.2. The van der Waals surface area contributed by atoms with Crippen LogP contribution in [0.4, 0.5) is 0 Å². The quantitative estimate of drug-likeness (QED) is 0.388. The van der Waals surface area contributed by atoms with Gasteiger partial charge in [0.25, 0.3) is 0 Å². The average Bonchev–Trinajstić information content (AvgIpc) is 2.96. The minimum absolute atomic E-state index is 0.0594. The second kappa shape index (κ2) is 17.5. The normalized spacial score (nSPS) is 22.0. The zero-order valence-corrected chi connectivity index (χ0v) is 24.8. The highest BCUT2D eigenvalue weighted by Crippen LogP contribution is 2.16. The van der Waals surface area contributed by atoms with Crippen molar-refractivity contribution in [1.29, 1.82) is 0 Å². The number of ether oxygens (including phenoxy) is 2. The van der Waals surface area contributed by atoms with E-state index in [9.17, 15) is 24.0 Å². The van der Waals surface area contributed by atoms with Gasteiger partial charge < -0.3 is 30.7 Å². The number of amides is 4. The molecule has 3 rings (SSSR count). The van der Waals surface area contributed by atoms with Gasteiger partial charge >= 0.3 is 0 Å². The van der Waals surface area contributed by atoms with Crippen LogP contribution in [-0.2, 0) is 46.3 Å². The maximum absolute atomic E-state index is 13.6. The van der Waals surface area contributed by atoms with Gasteiger partial charge in [0.2, 0.25) is 28.7 Å². The molecule has 11 nitrogen and oxygen atoms in total. The van der Waals surface area contributed by atoms with Crippen LogP contribution in [-0.4, -0.2) is 85.6 Å². The first-order chi connectivity index (χ1) is 20.2. The highest BCUT2D eigenvalue weighted by Gasteiger charge is 2.29. The van der Waals surface area contributed by atoms with Crippen LogP contribution in [0.25, 0.3) is 0 Å². The van der Waals surface area contributed by atoms with Crippen LogP contribution in [0.1, 0.15) is 18.1 Å². The number of hydrogen-bond acceptors (Lipinski definition) is 8. The number of carbonyl (C=O) groups is 5. The van der Waals surface area contributed by atoms with Gasteiger partial charge in [-0.1, -0.05) is 65.8 Å². The Labute approximate surface area is 253 Å². The smallest absolute Gasteiger partial charge is 0.246 e. The summed E-state index contributed by atoms with van der Waals surface area (Å²) in [6.07, 6.45) is 0.319. The molecule has 13 heteroatoms. The van der Waals surface area contributed by atoms with Crippen molar-refractivity contribution in [3.63, 3.8) is 0 Å². The van der Waals surface area contributed by atoms with Crippen molar-refractivity contribution >= 4 is 52.1 Å². The van der Waals surface area contributed by atoms with Crippen LogP contribution in [0.2, 0.25) is 5.02 Å². The fourth-order valence-electron chi connectivity index (χ4n) is 4.07. The van der Waals surface area contributed by atoms with Gasteiger partial charge in [-0.25, -0.2) is 0 Å². The summed E-state index contributed by atoms with van der Waals surface area (Å²) >= 11 is 6.84. The second-order valence-electron chi connectivity index (χ2n) is 9.54. The van der Waals surface area contributed by atoms with E-state index in [0.717, 1.165) is 22.9 Å². The Morgan fingerprint density at radius 3 is 2.26 bits per heavy atom. The van der Waals surface area contributed by atoms with Crippen molar-refractivity contribution in [3.05, 3.63) is 70.7 Å². The van der Waals surface area contributed by atoms with E-state index in [2.05, 4.69) is 21.3 Å². The summed E-state index contributed by atoms with van der Waals surface area (Å²) < 4.78 is 10.8. The Bertz CT molecular complexity index is 1220. The van der Waals surface area contributed by atoms with Crippen LogP contribution in [0.3, 0.4) is 0 Å². The van der Waals surface area contributed by atoms with Crippen LogP contribution < -0.4 is 21.3 Å². The topological polar surface area (TPSA) is 152 Å². The van der Waals surface area contributed by atoms with Gasteiger partial charge in [-0.2, -0.15) is 0 Å². The second-order valence-corrected chi connectivity index (χ2v) is 11.0. The lowest BCUT2D eigenvalue weighted by Gasteiger charge is -2.24. The molecule has 0 saturated carbocycles. The van der Waals surface area contributed by atoms with Gasteiger partial charge in [-0.05, 0) is 23.3 Å². The first kappa shape index (κ1) is 33.1. The Kier molecular flexibility index (Phi) is 13.8. The zero-order chi connectivity index (χ0) is 30.3. The molecule has 0 bridgehead atoms. The van der Waals surface area contributed by atoms with Gasteiger partial charge in [0, 0.05) is 37.1 Å². The fourth-order valence-corrected chi connectivity index (χ4v) is 5.10. The van der Waals surface area contributed by atoms with Crippen molar-refractivity contribution < 1.29 is 33.4 Å². The predicted octanol–water partition coefficient (Wildman–Crippen LogP) is 1.02. The first-order valence-corrected chi connectivity index (χ1v) is 14.8. The van der Waals surface area contributed by atoms with Crippen LogP contribution in [0, 0.1) is 0 Å². The highest BCUT2D eigenvalue weighted by atomic mass is 35.5. The van der Waals surface area contributed by atoms with Gasteiger partial charge in [-0.15, -0.1) is 0 Å². The van der Waals surface area contributed by atoms with Crippen LogP contribution in [0.15, 0.2) is 54.6 Å². The molecule has 1 saturated heterocycles. The monoisotopic (exact) mass is 618 g/mol. The Morgan fingerprint density at radius 2 is 1.55 bits per heavy atom. The maximum atomic E-state index is 13.6. The molecule has 0 aliphatic carbocycles. The number of carbonyl (C=O) groups excluding carboxylic acids is 5.